The van der Waals surface area contributed by atoms with Crippen LogP contribution in [0.4, 0.5) is 0 Å². The fraction of sp³-hybridized carbons (Fsp3) is 0.625. The van der Waals surface area contributed by atoms with Crippen LogP contribution < -0.4 is 10.6 Å². The molecular formula is C16H26N4O2. The number of amides is 1. The molecule has 0 radical (unpaired) electrons. The molecule has 1 aromatic rings. The first-order chi connectivity index (χ1) is 10.3. The average Bonchev–Trinajstić information content (AvgIpc) is 2.99. The van der Waals surface area contributed by atoms with Gasteiger partial charge in [-0.15, -0.1) is 0 Å². The predicted molar refractivity (Wildman–Crippen MR) is 87.0 cm³/mol. The summed E-state index contributed by atoms with van der Waals surface area (Å²) in [6.07, 6.45) is 1.49. The Labute approximate surface area is 132 Å². The molecule has 1 fully saturated rings. The Morgan fingerprint density at radius 1 is 1.32 bits per heavy atom. The Morgan fingerprint density at radius 2 is 2.00 bits per heavy atom. The van der Waals surface area contributed by atoms with E-state index >= 15 is 0 Å². The van der Waals surface area contributed by atoms with E-state index < -0.39 is 0 Å². The lowest BCUT2D eigenvalue weighted by Gasteiger charge is -2.62. The average molecular weight is 306 g/mol. The molecule has 1 saturated heterocycles. The van der Waals surface area contributed by atoms with Crippen molar-refractivity contribution in [2.24, 2.45) is 10.4 Å². The highest BCUT2D eigenvalue weighted by atomic mass is 16.3. The normalized spacial score (nSPS) is 19.5. The third-order valence-corrected chi connectivity index (χ3v) is 4.79. The highest BCUT2D eigenvalue weighted by molar-refractivity contribution is 5.91. The van der Waals surface area contributed by atoms with Gasteiger partial charge in [-0.3, -0.25) is 9.79 Å². The van der Waals surface area contributed by atoms with E-state index in [-0.39, 0.29) is 16.9 Å². The first kappa shape index (κ1) is 16.4. The number of nitrogens with zero attached hydrogens (tertiary/aromatic N) is 2. The van der Waals surface area contributed by atoms with E-state index in [1.807, 2.05) is 0 Å². The van der Waals surface area contributed by atoms with Gasteiger partial charge in [0.2, 0.25) is 0 Å². The van der Waals surface area contributed by atoms with E-state index in [2.05, 4.69) is 48.2 Å². The van der Waals surface area contributed by atoms with Crippen LogP contribution in [0.2, 0.25) is 0 Å². The SMILES string of the molecule is CN=C(NCCNC(=O)c1ccco1)N1CC(C)(C)C1(C)C. The van der Waals surface area contributed by atoms with Gasteiger partial charge >= 0.3 is 0 Å². The minimum absolute atomic E-state index is 0.0618. The van der Waals surface area contributed by atoms with Gasteiger partial charge in [-0.1, -0.05) is 13.8 Å². The van der Waals surface area contributed by atoms with Gasteiger partial charge < -0.3 is 20.0 Å². The molecule has 1 amide bonds. The molecule has 122 valence electrons. The fourth-order valence-corrected chi connectivity index (χ4v) is 2.54. The van der Waals surface area contributed by atoms with Crippen LogP contribution in [-0.4, -0.2) is 49.0 Å². The van der Waals surface area contributed by atoms with E-state index in [9.17, 15) is 4.79 Å². The van der Waals surface area contributed by atoms with E-state index in [0.717, 1.165) is 12.5 Å². The van der Waals surface area contributed by atoms with Gasteiger partial charge in [0.15, 0.2) is 11.7 Å². The molecule has 0 unspecified atom stereocenters. The molecule has 0 saturated carbocycles. The molecule has 2 rings (SSSR count). The van der Waals surface area contributed by atoms with Crippen LogP contribution >= 0.6 is 0 Å². The molecule has 6 heteroatoms. The standard InChI is InChI=1S/C16H26N4O2/c1-15(2)11-20(16(15,3)4)14(17-5)19-9-8-18-13(21)12-7-6-10-22-12/h6-7,10H,8-9,11H2,1-5H3,(H,17,19)(H,18,21). The van der Waals surface area contributed by atoms with Crippen LogP contribution in [-0.2, 0) is 0 Å². The highest BCUT2D eigenvalue weighted by Gasteiger charge is 2.53. The molecule has 0 bridgehead atoms. The van der Waals surface area contributed by atoms with Crippen molar-refractivity contribution in [1.29, 1.82) is 0 Å². The maximum Gasteiger partial charge on any atom is 0.287 e. The lowest BCUT2D eigenvalue weighted by molar-refractivity contribution is -0.0666. The van der Waals surface area contributed by atoms with Gasteiger partial charge in [-0.25, -0.2) is 0 Å². The van der Waals surface area contributed by atoms with Crippen LogP contribution in [0.3, 0.4) is 0 Å². The maximum absolute atomic E-state index is 11.7. The Bertz CT molecular complexity index is 547. The summed E-state index contributed by atoms with van der Waals surface area (Å²) in [4.78, 5) is 18.3. The summed E-state index contributed by atoms with van der Waals surface area (Å²) in [5.41, 5.74) is 0.324. The second kappa shape index (κ2) is 6.02. The molecule has 1 aliphatic heterocycles. The molecule has 1 aliphatic rings. The second-order valence-corrected chi connectivity index (χ2v) is 6.74. The van der Waals surface area contributed by atoms with Crippen LogP contribution in [0.25, 0.3) is 0 Å². The Kier molecular flexibility index (Phi) is 4.49. The van der Waals surface area contributed by atoms with Crippen molar-refractivity contribution < 1.29 is 9.21 Å². The molecule has 0 atom stereocenters. The second-order valence-electron chi connectivity index (χ2n) is 6.74. The number of likely N-dealkylation sites (tertiary alicyclic amines) is 1. The number of carbonyl (C=O) groups is 1. The third kappa shape index (κ3) is 2.96. The molecule has 1 aromatic heterocycles. The topological polar surface area (TPSA) is 69.9 Å². The van der Waals surface area contributed by atoms with E-state index in [1.54, 1.807) is 19.2 Å². The zero-order valence-electron chi connectivity index (χ0n) is 14.1. The van der Waals surface area contributed by atoms with Crippen molar-refractivity contribution in [3.05, 3.63) is 24.2 Å². The number of hydrogen-bond acceptors (Lipinski definition) is 3. The number of hydrogen-bond donors (Lipinski definition) is 2. The van der Waals surface area contributed by atoms with Crippen molar-refractivity contribution in [2.45, 2.75) is 33.2 Å². The number of furan rings is 1. The molecule has 0 spiro atoms. The van der Waals surface area contributed by atoms with Crippen molar-refractivity contribution >= 4 is 11.9 Å². The van der Waals surface area contributed by atoms with Crippen LogP contribution in [0.1, 0.15) is 38.2 Å². The van der Waals surface area contributed by atoms with Crippen molar-refractivity contribution in [2.75, 3.05) is 26.7 Å². The predicted octanol–water partition coefficient (Wildman–Crippen LogP) is 1.71. The molecule has 2 N–H and O–H groups in total. The van der Waals surface area contributed by atoms with Gasteiger partial charge in [0.1, 0.15) is 0 Å². The lowest BCUT2D eigenvalue weighted by atomic mass is 9.65. The summed E-state index contributed by atoms with van der Waals surface area (Å²) in [6.45, 7) is 11.1. The minimum atomic E-state index is -0.202. The first-order valence-corrected chi connectivity index (χ1v) is 7.59. The summed E-state index contributed by atoms with van der Waals surface area (Å²) in [6, 6.07) is 3.34. The van der Waals surface area contributed by atoms with Gasteiger partial charge in [0.05, 0.1) is 6.26 Å². The monoisotopic (exact) mass is 306 g/mol. The largest absolute Gasteiger partial charge is 0.459 e. The van der Waals surface area contributed by atoms with Crippen LogP contribution in [0, 0.1) is 5.41 Å². The van der Waals surface area contributed by atoms with Gasteiger partial charge in [-0.05, 0) is 26.0 Å². The summed E-state index contributed by atoms with van der Waals surface area (Å²) in [5.74, 6) is 0.999. The number of aliphatic imine (C=N–C) groups is 1. The maximum atomic E-state index is 11.7. The number of carbonyl (C=O) groups excluding carboxylic acids is 1. The summed E-state index contributed by atoms with van der Waals surface area (Å²) in [5, 5.41) is 6.10. The van der Waals surface area contributed by atoms with Gasteiger partial charge in [0, 0.05) is 37.6 Å². The van der Waals surface area contributed by atoms with Crippen LogP contribution in [0.15, 0.2) is 27.8 Å². The molecular weight excluding hydrogens is 280 g/mol. The molecule has 0 aliphatic carbocycles. The molecule has 2 heterocycles. The van der Waals surface area contributed by atoms with Crippen molar-refractivity contribution in [1.82, 2.24) is 15.5 Å². The van der Waals surface area contributed by atoms with Crippen LogP contribution in [0.5, 0.6) is 0 Å². The Morgan fingerprint density at radius 3 is 2.50 bits per heavy atom. The Hall–Kier alpha value is -1.98. The summed E-state index contributed by atoms with van der Waals surface area (Å²) < 4.78 is 5.05. The van der Waals surface area contributed by atoms with E-state index in [1.165, 1.54) is 6.26 Å². The minimum Gasteiger partial charge on any atom is -0.459 e. The van der Waals surface area contributed by atoms with E-state index in [0.29, 0.717) is 18.8 Å². The molecule has 22 heavy (non-hydrogen) atoms. The Balaban J connectivity index is 1.78. The number of guanidine groups is 1. The lowest BCUT2D eigenvalue weighted by Crippen LogP contribution is -2.72. The summed E-state index contributed by atoms with van der Waals surface area (Å²) in [7, 11) is 1.78. The zero-order chi connectivity index (χ0) is 16.4. The molecule has 6 nitrogen and oxygen atoms in total. The number of rotatable bonds is 4. The quantitative estimate of drug-likeness (QED) is 0.505. The smallest absolute Gasteiger partial charge is 0.287 e. The first-order valence-electron chi connectivity index (χ1n) is 7.59. The third-order valence-electron chi connectivity index (χ3n) is 4.79. The van der Waals surface area contributed by atoms with E-state index in [4.69, 9.17) is 4.42 Å². The zero-order valence-corrected chi connectivity index (χ0v) is 14.1. The molecule has 0 aromatic carbocycles. The van der Waals surface area contributed by atoms with Crippen molar-refractivity contribution in [3.63, 3.8) is 0 Å². The van der Waals surface area contributed by atoms with Gasteiger partial charge in [-0.2, -0.15) is 0 Å². The van der Waals surface area contributed by atoms with Crippen molar-refractivity contribution in [3.8, 4) is 0 Å². The highest BCUT2D eigenvalue weighted by Crippen LogP contribution is 2.46. The number of nitrogens with one attached hydrogen (secondary N) is 2. The van der Waals surface area contributed by atoms with Gasteiger partial charge in [0.25, 0.3) is 5.91 Å². The summed E-state index contributed by atoms with van der Waals surface area (Å²) >= 11 is 0. The fourth-order valence-electron chi connectivity index (χ4n) is 2.54.